The molecule has 0 unspecified atom stereocenters. The molecule has 3 aromatic rings. The molecule has 0 spiro atoms. The molecule has 1 aliphatic heterocycles. The normalized spacial score (nSPS) is 15.1. The molecule has 8 heteroatoms. The van der Waals surface area contributed by atoms with Gasteiger partial charge >= 0.3 is 0 Å². The number of fused-ring (bicyclic) bond motifs is 1. The lowest BCUT2D eigenvalue weighted by Crippen LogP contribution is -2.38. The summed E-state index contributed by atoms with van der Waals surface area (Å²) in [7, 11) is 0. The van der Waals surface area contributed by atoms with Crippen LogP contribution in [0.4, 0.5) is 19.0 Å². The maximum atomic E-state index is 14.5. The fourth-order valence-electron chi connectivity index (χ4n) is 3.19. The fourth-order valence-corrected chi connectivity index (χ4v) is 3.19. The fraction of sp³-hybridized carbons (Fsp3) is 0.294. The van der Waals surface area contributed by atoms with Gasteiger partial charge in [-0.2, -0.15) is 0 Å². The van der Waals surface area contributed by atoms with E-state index in [9.17, 15) is 13.2 Å². The molecule has 0 aliphatic carbocycles. The van der Waals surface area contributed by atoms with Crippen LogP contribution < -0.4 is 4.90 Å². The summed E-state index contributed by atoms with van der Waals surface area (Å²) in [4.78, 5) is 10.5. The van der Waals surface area contributed by atoms with E-state index in [0.29, 0.717) is 61.3 Å². The van der Waals surface area contributed by atoms with Crippen molar-refractivity contribution in [3.63, 3.8) is 0 Å². The zero-order valence-electron chi connectivity index (χ0n) is 13.5. The zero-order valence-corrected chi connectivity index (χ0v) is 13.5. The van der Waals surface area contributed by atoms with Gasteiger partial charge < -0.3 is 9.64 Å². The Morgan fingerprint density at radius 3 is 2.40 bits per heavy atom. The summed E-state index contributed by atoms with van der Waals surface area (Å²) < 4.78 is 49.4. The Balaban J connectivity index is 2.05. The van der Waals surface area contributed by atoms with E-state index in [2.05, 4.69) is 9.97 Å². The van der Waals surface area contributed by atoms with Crippen LogP contribution in [0, 0.1) is 24.4 Å². The van der Waals surface area contributed by atoms with Crippen molar-refractivity contribution in [1.82, 2.24) is 14.4 Å². The maximum Gasteiger partial charge on any atom is 0.235 e. The number of halogens is 3. The van der Waals surface area contributed by atoms with Gasteiger partial charge in [0, 0.05) is 37.6 Å². The van der Waals surface area contributed by atoms with E-state index in [4.69, 9.17) is 4.74 Å². The van der Waals surface area contributed by atoms with Crippen molar-refractivity contribution in [2.75, 3.05) is 31.2 Å². The maximum absolute atomic E-state index is 14.5. The predicted octanol–water partition coefficient (Wildman–Crippen LogP) is 2.96. The highest BCUT2D eigenvalue weighted by molar-refractivity contribution is 5.80. The number of imidazole rings is 1. The van der Waals surface area contributed by atoms with Crippen LogP contribution in [-0.4, -0.2) is 40.7 Å². The smallest absolute Gasteiger partial charge is 0.235 e. The first-order valence-corrected chi connectivity index (χ1v) is 7.87. The molecular formula is C17H15F3N4O. The summed E-state index contributed by atoms with van der Waals surface area (Å²) in [6, 6.07) is 1.36. The standard InChI is InChI=1S/C17H15F3N4O/c1-10-14(15-12(19)8-11(18)9-13(15)20)16(23-4-6-25-7-5-23)24-3-2-21-17(24)22-10/h2-3,8-9H,4-7H2,1H3. The molecule has 5 nitrogen and oxygen atoms in total. The van der Waals surface area contributed by atoms with Crippen molar-refractivity contribution in [3.8, 4) is 11.1 Å². The van der Waals surface area contributed by atoms with E-state index in [-0.39, 0.29) is 5.56 Å². The number of aryl methyl sites for hydroxylation is 1. The highest BCUT2D eigenvalue weighted by Gasteiger charge is 2.26. The summed E-state index contributed by atoms with van der Waals surface area (Å²) >= 11 is 0. The topological polar surface area (TPSA) is 42.7 Å². The quantitative estimate of drug-likeness (QED) is 0.714. The molecule has 1 aromatic carbocycles. The minimum Gasteiger partial charge on any atom is -0.378 e. The van der Waals surface area contributed by atoms with Gasteiger partial charge in [0.1, 0.15) is 23.3 Å². The number of nitrogens with zero attached hydrogens (tertiary/aromatic N) is 4. The molecule has 3 heterocycles. The van der Waals surface area contributed by atoms with Gasteiger partial charge in [-0.15, -0.1) is 0 Å². The lowest BCUT2D eigenvalue weighted by atomic mass is 10.0. The van der Waals surface area contributed by atoms with Crippen LogP contribution in [0.5, 0.6) is 0 Å². The van der Waals surface area contributed by atoms with Crippen LogP contribution in [0.3, 0.4) is 0 Å². The largest absolute Gasteiger partial charge is 0.378 e. The van der Waals surface area contributed by atoms with Gasteiger partial charge in [0.15, 0.2) is 0 Å². The Kier molecular flexibility index (Phi) is 3.84. The Labute approximate surface area is 141 Å². The van der Waals surface area contributed by atoms with E-state index >= 15 is 0 Å². The molecule has 1 fully saturated rings. The molecule has 0 atom stereocenters. The third-order valence-electron chi connectivity index (χ3n) is 4.27. The van der Waals surface area contributed by atoms with Crippen LogP contribution in [0.2, 0.25) is 0 Å². The molecule has 1 saturated heterocycles. The van der Waals surface area contributed by atoms with Crippen LogP contribution in [0.1, 0.15) is 5.69 Å². The predicted molar refractivity (Wildman–Crippen MR) is 86.1 cm³/mol. The van der Waals surface area contributed by atoms with Crippen molar-refractivity contribution in [1.29, 1.82) is 0 Å². The Hall–Kier alpha value is -2.61. The van der Waals surface area contributed by atoms with E-state index < -0.39 is 17.5 Å². The van der Waals surface area contributed by atoms with Crippen LogP contribution >= 0.6 is 0 Å². The molecule has 0 amide bonds. The Morgan fingerprint density at radius 1 is 1.04 bits per heavy atom. The second-order valence-corrected chi connectivity index (χ2v) is 5.84. The molecule has 130 valence electrons. The minimum atomic E-state index is -0.962. The molecule has 0 saturated carbocycles. The van der Waals surface area contributed by atoms with Gasteiger partial charge in [-0.1, -0.05) is 0 Å². The van der Waals surface area contributed by atoms with Crippen molar-refractivity contribution >= 4 is 11.6 Å². The van der Waals surface area contributed by atoms with E-state index in [1.807, 2.05) is 4.90 Å². The number of aromatic nitrogens is 3. The van der Waals surface area contributed by atoms with E-state index in [1.54, 1.807) is 23.7 Å². The Bertz CT molecular complexity index is 927. The number of rotatable bonds is 2. The first-order valence-electron chi connectivity index (χ1n) is 7.87. The number of ether oxygens (including phenoxy) is 1. The minimum absolute atomic E-state index is 0.288. The van der Waals surface area contributed by atoms with Gasteiger partial charge in [-0.3, -0.25) is 4.40 Å². The van der Waals surface area contributed by atoms with E-state index in [1.165, 1.54) is 0 Å². The number of hydrogen-bond acceptors (Lipinski definition) is 4. The summed E-state index contributed by atoms with van der Waals surface area (Å²) in [5.41, 5.74) is 0.426. The first kappa shape index (κ1) is 15.9. The summed E-state index contributed by atoms with van der Waals surface area (Å²) in [6.07, 6.45) is 3.27. The summed E-state index contributed by atoms with van der Waals surface area (Å²) in [5, 5.41) is 0. The van der Waals surface area contributed by atoms with Gasteiger partial charge in [0.05, 0.1) is 30.0 Å². The average molecular weight is 348 g/mol. The van der Waals surface area contributed by atoms with E-state index in [0.717, 1.165) is 0 Å². The molecule has 4 rings (SSSR count). The van der Waals surface area contributed by atoms with Crippen molar-refractivity contribution < 1.29 is 17.9 Å². The second kappa shape index (κ2) is 6.03. The second-order valence-electron chi connectivity index (χ2n) is 5.84. The van der Waals surface area contributed by atoms with Crippen molar-refractivity contribution in [2.45, 2.75) is 6.92 Å². The van der Waals surface area contributed by atoms with Gasteiger partial charge in [0.25, 0.3) is 0 Å². The van der Waals surface area contributed by atoms with Crippen LogP contribution in [-0.2, 0) is 4.74 Å². The van der Waals surface area contributed by atoms with Gasteiger partial charge in [-0.25, -0.2) is 23.1 Å². The van der Waals surface area contributed by atoms with Gasteiger partial charge in [-0.05, 0) is 6.92 Å². The first-order chi connectivity index (χ1) is 12.1. The number of hydrogen-bond donors (Lipinski definition) is 0. The number of benzene rings is 1. The Morgan fingerprint density at radius 2 is 1.72 bits per heavy atom. The third-order valence-corrected chi connectivity index (χ3v) is 4.27. The molecule has 25 heavy (non-hydrogen) atoms. The lowest BCUT2D eigenvalue weighted by molar-refractivity contribution is 0.122. The molecule has 0 N–H and O–H groups in total. The SMILES string of the molecule is Cc1nc2nccn2c(N2CCOCC2)c1-c1c(F)cc(F)cc1F. The average Bonchev–Trinajstić information content (AvgIpc) is 3.02. The molecular weight excluding hydrogens is 333 g/mol. The zero-order chi connectivity index (χ0) is 17.6. The highest BCUT2D eigenvalue weighted by Crippen LogP contribution is 2.37. The number of morpholine rings is 1. The van der Waals surface area contributed by atoms with Gasteiger partial charge in [0.2, 0.25) is 5.78 Å². The van der Waals surface area contributed by atoms with Crippen LogP contribution in [0.25, 0.3) is 16.9 Å². The summed E-state index contributed by atoms with van der Waals surface area (Å²) in [6.45, 7) is 3.80. The third kappa shape index (κ3) is 2.62. The molecule has 0 bridgehead atoms. The molecule has 2 aromatic heterocycles. The van der Waals surface area contributed by atoms with Crippen molar-refractivity contribution in [2.24, 2.45) is 0 Å². The lowest BCUT2D eigenvalue weighted by Gasteiger charge is -2.31. The van der Waals surface area contributed by atoms with Crippen LogP contribution in [0.15, 0.2) is 24.5 Å². The molecule has 1 aliphatic rings. The van der Waals surface area contributed by atoms with Crippen molar-refractivity contribution in [3.05, 3.63) is 47.7 Å². The number of anilines is 1. The summed E-state index contributed by atoms with van der Waals surface area (Å²) in [5.74, 6) is -1.87. The molecule has 0 radical (unpaired) electrons. The monoisotopic (exact) mass is 348 g/mol. The highest BCUT2D eigenvalue weighted by atomic mass is 19.1.